The number of aryl methyl sites for hydroxylation is 1. The third-order valence-electron chi connectivity index (χ3n) is 3.83. The van der Waals surface area contributed by atoms with Crippen molar-refractivity contribution in [2.75, 3.05) is 0 Å². The summed E-state index contributed by atoms with van der Waals surface area (Å²) in [5.41, 5.74) is 4.37. The van der Waals surface area contributed by atoms with Gasteiger partial charge >= 0.3 is 0 Å². The van der Waals surface area contributed by atoms with Crippen molar-refractivity contribution in [2.24, 2.45) is 0 Å². The van der Waals surface area contributed by atoms with Crippen LogP contribution in [0, 0.1) is 6.92 Å². The van der Waals surface area contributed by atoms with Crippen LogP contribution in [-0.2, 0) is 11.8 Å². The first kappa shape index (κ1) is 16.1. The summed E-state index contributed by atoms with van der Waals surface area (Å²) in [6.07, 6.45) is 0.00558. The minimum atomic E-state index is -0.571. The van der Waals surface area contributed by atoms with Crippen molar-refractivity contribution in [3.63, 3.8) is 0 Å². The Morgan fingerprint density at radius 2 is 1.67 bits per heavy atom. The van der Waals surface area contributed by atoms with E-state index in [1.807, 2.05) is 25.1 Å². The third kappa shape index (κ3) is 3.87. The number of hydrogen-bond donors (Lipinski definition) is 1. The molecule has 112 valence electrons. The Morgan fingerprint density at radius 1 is 1.05 bits per heavy atom. The molecule has 1 N–H and O–H groups in total. The second kappa shape index (κ2) is 6.21. The summed E-state index contributed by atoms with van der Waals surface area (Å²) in [6, 6.07) is 14.2. The Balaban J connectivity index is 2.16. The molecule has 1 atom stereocenters. The maximum absolute atomic E-state index is 10.4. The van der Waals surface area contributed by atoms with Crippen LogP contribution in [0.1, 0.15) is 49.1 Å². The van der Waals surface area contributed by atoms with Gasteiger partial charge in [0.05, 0.1) is 6.10 Å². The van der Waals surface area contributed by atoms with Crippen LogP contribution in [0.2, 0.25) is 5.02 Å². The molecule has 1 unspecified atom stereocenters. The van der Waals surface area contributed by atoms with Gasteiger partial charge in [0.1, 0.15) is 0 Å². The number of rotatable bonds is 3. The van der Waals surface area contributed by atoms with E-state index >= 15 is 0 Å². The summed E-state index contributed by atoms with van der Waals surface area (Å²) < 4.78 is 0. The van der Waals surface area contributed by atoms with Gasteiger partial charge < -0.3 is 5.11 Å². The maximum Gasteiger partial charge on any atom is 0.0844 e. The van der Waals surface area contributed by atoms with Gasteiger partial charge in [-0.05, 0) is 34.6 Å². The fourth-order valence-corrected chi connectivity index (χ4v) is 2.65. The summed E-state index contributed by atoms with van der Waals surface area (Å²) in [4.78, 5) is 0. The van der Waals surface area contributed by atoms with E-state index in [1.165, 1.54) is 5.56 Å². The van der Waals surface area contributed by atoms with Crippen LogP contribution in [0.15, 0.2) is 42.5 Å². The summed E-state index contributed by atoms with van der Waals surface area (Å²) >= 11 is 6.28. The predicted octanol–water partition coefficient (Wildman–Crippen LogP) is 5.22. The minimum Gasteiger partial charge on any atom is -0.388 e. The van der Waals surface area contributed by atoms with Gasteiger partial charge in [-0.3, -0.25) is 0 Å². The molecule has 0 spiro atoms. The molecule has 0 aliphatic carbocycles. The molecular formula is C19H23ClO. The number of benzene rings is 2. The lowest BCUT2D eigenvalue weighted by molar-refractivity contribution is 0.178. The Labute approximate surface area is 132 Å². The van der Waals surface area contributed by atoms with Gasteiger partial charge in [0.25, 0.3) is 0 Å². The first-order chi connectivity index (χ1) is 9.79. The lowest BCUT2D eigenvalue weighted by Crippen LogP contribution is -2.11. The highest BCUT2D eigenvalue weighted by Gasteiger charge is 2.15. The standard InChI is InChI=1S/C19H23ClO/c1-13-6-5-7-16(18(13)20)17(21)12-14-8-10-15(11-9-14)19(2,3)4/h5-11,17,21H,12H2,1-4H3. The lowest BCUT2D eigenvalue weighted by Gasteiger charge is -2.20. The molecule has 0 bridgehead atoms. The molecule has 2 rings (SSSR count). The fraction of sp³-hybridized carbons (Fsp3) is 0.368. The molecule has 0 amide bonds. The third-order valence-corrected chi connectivity index (χ3v) is 4.35. The van der Waals surface area contributed by atoms with Crippen LogP contribution in [-0.4, -0.2) is 5.11 Å². The average molecular weight is 303 g/mol. The zero-order valence-electron chi connectivity index (χ0n) is 13.2. The van der Waals surface area contributed by atoms with Crippen molar-refractivity contribution in [1.29, 1.82) is 0 Å². The first-order valence-electron chi connectivity index (χ1n) is 7.31. The van der Waals surface area contributed by atoms with Crippen LogP contribution in [0.5, 0.6) is 0 Å². The summed E-state index contributed by atoms with van der Waals surface area (Å²) in [6.45, 7) is 8.55. The van der Waals surface area contributed by atoms with E-state index in [0.29, 0.717) is 11.4 Å². The molecule has 0 radical (unpaired) electrons. The normalized spacial score (nSPS) is 13.2. The van der Waals surface area contributed by atoms with Crippen LogP contribution in [0.25, 0.3) is 0 Å². The quantitative estimate of drug-likeness (QED) is 0.824. The molecule has 2 aromatic carbocycles. The van der Waals surface area contributed by atoms with Crippen LogP contribution in [0.4, 0.5) is 0 Å². The van der Waals surface area contributed by atoms with Crippen molar-refractivity contribution in [1.82, 2.24) is 0 Å². The van der Waals surface area contributed by atoms with Crippen molar-refractivity contribution >= 4 is 11.6 Å². The van der Waals surface area contributed by atoms with Crippen LogP contribution in [0.3, 0.4) is 0 Å². The van der Waals surface area contributed by atoms with Gasteiger partial charge in [-0.2, -0.15) is 0 Å². The molecule has 1 nitrogen and oxygen atoms in total. The molecule has 2 heteroatoms. The molecular weight excluding hydrogens is 280 g/mol. The zero-order valence-corrected chi connectivity index (χ0v) is 13.9. The Kier molecular flexibility index (Phi) is 4.75. The van der Waals surface area contributed by atoms with E-state index in [1.54, 1.807) is 0 Å². The van der Waals surface area contributed by atoms with Gasteiger partial charge in [-0.1, -0.05) is 74.8 Å². The molecule has 2 aromatic rings. The van der Waals surface area contributed by atoms with Gasteiger partial charge in [0, 0.05) is 11.4 Å². The molecule has 0 aliphatic heterocycles. The number of aliphatic hydroxyl groups is 1. The van der Waals surface area contributed by atoms with Gasteiger partial charge in [-0.15, -0.1) is 0 Å². The van der Waals surface area contributed by atoms with E-state index in [-0.39, 0.29) is 5.41 Å². The molecule has 0 aromatic heterocycles. The van der Waals surface area contributed by atoms with Crippen molar-refractivity contribution in [3.8, 4) is 0 Å². The van der Waals surface area contributed by atoms with E-state index in [2.05, 4.69) is 45.0 Å². The van der Waals surface area contributed by atoms with Gasteiger partial charge in [-0.25, -0.2) is 0 Å². The summed E-state index contributed by atoms with van der Waals surface area (Å²) in [5, 5.41) is 11.1. The molecule has 0 aliphatic rings. The molecule has 0 heterocycles. The lowest BCUT2D eigenvalue weighted by atomic mass is 9.86. The summed E-state index contributed by atoms with van der Waals surface area (Å²) in [5.74, 6) is 0. The molecule has 0 saturated carbocycles. The second-order valence-electron chi connectivity index (χ2n) is 6.64. The van der Waals surface area contributed by atoms with E-state index in [9.17, 15) is 5.11 Å². The highest BCUT2D eigenvalue weighted by Crippen LogP contribution is 2.29. The fourth-order valence-electron chi connectivity index (χ4n) is 2.40. The zero-order chi connectivity index (χ0) is 15.6. The average Bonchev–Trinajstić information content (AvgIpc) is 2.41. The molecule has 0 saturated heterocycles. The van der Waals surface area contributed by atoms with Crippen molar-refractivity contribution in [3.05, 3.63) is 69.7 Å². The Hall–Kier alpha value is -1.31. The predicted molar refractivity (Wildman–Crippen MR) is 90.0 cm³/mol. The smallest absolute Gasteiger partial charge is 0.0844 e. The highest BCUT2D eigenvalue weighted by molar-refractivity contribution is 6.32. The Bertz CT molecular complexity index is 608. The van der Waals surface area contributed by atoms with E-state index in [4.69, 9.17) is 11.6 Å². The SMILES string of the molecule is Cc1cccc(C(O)Cc2ccc(C(C)(C)C)cc2)c1Cl. The van der Waals surface area contributed by atoms with Crippen LogP contribution < -0.4 is 0 Å². The van der Waals surface area contributed by atoms with Gasteiger partial charge in [0.2, 0.25) is 0 Å². The molecule has 21 heavy (non-hydrogen) atoms. The largest absolute Gasteiger partial charge is 0.388 e. The minimum absolute atomic E-state index is 0.150. The number of aliphatic hydroxyl groups excluding tert-OH is 1. The molecule has 0 fully saturated rings. The van der Waals surface area contributed by atoms with Crippen molar-refractivity contribution < 1.29 is 5.11 Å². The second-order valence-corrected chi connectivity index (χ2v) is 7.02. The number of hydrogen-bond acceptors (Lipinski definition) is 1. The maximum atomic E-state index is 10.4. The highest BCUT2D eigenvalue weighted by atomic mass is 35.5. The number of halogens is 1. The Morgan fingerprint density at radius 3 is 2.24 bits per heavy atom. The van der Waals surface area contributed by atoms with Crippen molar-refractivity contribution in [2.45, 2.75) is 45.6 Å². The van der Waals surface area contributed by atoms with Crippen LogP contribution >= 0.6 is 11.6 Å². The first-order valence-corrected chi connectivity index (χ1v) is 7.69. The topological polar surface area (TPSA) is 20.2 Å². The van der Waals surface area contributed by atoms with Gasteiger partial charge in [0.15, 0.2) is 0 Å². The van der Waals surface area contributed by atoms with E-state index in [0.717, 1.165) is 16.7 Å². The van der Waals surface area contributed by atoms with E-state index < -0.39 is 6.10 Å². The summed E-state index contributed by atoms with van der Waals surface area (Å²) in [7, 11) is 0. The monoisotopic (exact) mass is 302 g/mol.